The van der Waals surface area contributed by atoms with Gasteiger partial charge in [-0.3, -0.25) is 0 Å². The number of rotatable bonds is 6. The van der Waals surface area contributed by atoms with E-state index in [9.17, 15) is 0 Å². The molecule has 78 valence electrons. The first-order valence-electron chi connectivity index (χ1n) is 5.44. The molecule has 0 aliphatic heterocycles. The molecule has 1 N–H and O–H groups in total. The van der Waals surface area contributed by atoms with E-state index in [4.69, 9.17) is 0 Å². The highest BCUT2D eigenvalue weighted by molar-refractivity contribution is 5.00. The Morgan fingerprint density at radius 1 is 1.23 bits per heavy atom. The Hall–Kier alpha value is -0.300. The van der Waals surface area contributed by atoms with Gasteiger partial charge in [0.15, 0.2) is 0 Å². The summed E-state index contributed by atoms with van der Waals surface area (Å²) in [6.45, 7) is 12.1. The monoisotopic (exact) mass is 183 g/mol. The van der Waals surface area contributed by atoms with Crippen LogP contribution in [0.1, 0.15) is 47.5 Å². The van der Waals surface area contributed by atoms with Crippen molar-refractivity contribution in [2.75, 3.05) is 6.54 Å². The van der Waals surface area contributed by atoms with Gasteiger partial charge in [-0.2, -0.15) is 0 Å². The van der Waals surface area contributed by atoms with Gasteiger partial charge in [-0.1, -0.05) is 32.4 Å². The van der Waals surface area contributed by atoms with E-state index in [1.54, 1.807) is 0 Å². The summed E-state index contributed by atoms with van der Waals surface area (Å²) >= 11 is 0. The third kappa shape index (κ3) is 8.04. The predicted octanol–water partition coefficient (Wildman–Crippen LogP) is 3.37. The van der Waals surface area contributed by atoms with Crippen LogP contribution in [0.5, 0.6) is 0 Å². The van der Waals surface area contributed by atoms with E-state index in [0.717, 1.165) is 12.5 Å². The van der Waals surface area contributed by atoms with Crippen molar-refractivity contribution in [2.45, 2.75) is 53.5 Å². The predicted molar refractivity (Wildman–Crippen MR) is 61.0 cm³/mol. The zero-order chi connectivity index (χ0) is 10.3. The molecule has 0 aromatic rings. The van der Waals surface area contributed by atoms with Crippen LogP contribution in [0.4, 0.5) is 0 Å². The summed E-state index contributed by atoms with van der Waals surface area (Å²) in [5.74, 6) is 0.812. The second kappa shape index (κ2) is 7.14. The van der Waals surface area contributed by atoms with Crippen molar-refractivity contribution >= 4 is 0 Å². The van der Waals surface area contributed by atoms with Crippen molar-refractivity contribution in [1.29, 1.82) is 0 Å². The van der Waals surface area contributed by atoms with Gasteiger partial charge in [-0.15, -0.1) is 0 Å². The molecule has 13 heavy (non-hydrogen) atoms. The van der Waals surface area contributed by atoms with Gasteiger partial charge in [-0.05, 0) is 39.2 Å². The summed E-state index contributed by atoms with van der Waals surface area (Å²) in [5, 5.41) is 3.49. The van der Waals surface area contributed by atoms with Gasteiger partial charge in [0.2, 0.25) is 0 Å². The van der Waals surface area contributed by atoms with E-state index in [0.29, 0.717) is 6.04 Å². The maximum absolute atomic E-state index is 3.49. The Balaban J connectivity index is 3.87. The number of hydrogen-bond acceptors (Lipinski definition) is 1. The molecule has 0 amide bonds. The van der Waals surface area contributed by atoms with Gasteiger partial charge >= 0.3 is 0 Å². The molecular formula is C12H25N. The number of likely N-dealkylation sites (N-methyl/N-ethyl adjacent to an activating group) is 1. The highest BCUT2D eigenvalue weighted by Crippen LogP contribution is 2.09. The lowest BCUT2D eigenvalue weighted by atomic mass is 10.0. The number of allylic oxidation sites excluding steroid dienone is 1. The molecule has 0 spiro atoms. The number of nitrogens with one attached hydrogen (secondary N) is 1. The Morgan fingerprint density at radius 2 is 1.85 bits per heavy atom. The summed E-state index contributed by atoms with van der Waals surface area (Å²) in [7, 11) is 0. The SMILES string of the molecule is CCNC(C=C(C)C)CCC(C)C. The van der Waals surface area contributed by atoms with Crippen molar-refractivity contribution in [2.24, 2.45) is 5.92 Å². The maximum Gasteiger partial charge on any atom is 0.0252 e. The fraction of sp³-hybridized carbons (Fsp3) is 0.833. The first-order valence-corrected chi connectivity index (χ1v) is 5.44. The minimum Gasteiger partial charge on any atom is -0.311 e. The minimum atomic E-state index is 0.581. The lowest BCUT2D eigenvalue weighted by molar-refractivity contribution is 0.484. The van der Waals surface area contributed by atoms with E-state index in [1.807, 2.05) is 0 Å². The fourth-order valence-electron chi connectivity index (χ4n) is 1.42. The highest BCUT2D eigenvalue weighted by atomic mass is 14.9. The molecule has 1 atom stereocenters. The van der Waals surface area contributed by atoms with Crippen LogP contribution in [0.2, 0.25) is 0 Å². The molecule has 0 rings (SSSR count). The molecule has 1 unspecified atom stereocenters. The van der Waals surface area contributed by atoms with Crippen molar-refractivity contribution in [3.63, 3.8) is 0 Å². The summed E-state index contributed by atoms with van der Waals surface area (Å²) in [5.41, 5.74) is 1.41. The molecule has 0 fully saturated rings. The van der Waals surface area contributed by atoms with Crippen LogP contribution < -0.4 is 5.32 Å². The van der Waals surface area contributed by atoms with E-state index < -0.39 is 0 Å². The topological polar surface area (TPSA) is 12.0 Å². The quantitative estimate of drug-likeness (QED) is 0.623. The zero-order valence-electron chi connectivity index (χ0n) is 9.85. The molecule has 0 bridgehead atoms. The lowest BCUT2D eigenvalue weighted by Gasteiger charge is -2.15. The maximum atomic E-state index is 3.49. The average Bonchev–Trinajstić information content (AvgIpc) is 1.99. The Kier molecular flexibility index (Phi) is 6.97. The Morgan fingerprint density at radius 3 is 2.23 bits per heavy atom. The fourth-order valence-corrected chi connectivity index (χ4v) is 1.42. The highest BCUT2D eigenvalue weighted by Gasteiger charge is 2.04. The smallest absolute Gasteiger partial charge is 0.0252 e. The molecule has 0 aliphatic rings. The van der Waals surface area contributed by atoms with Gasteiger partial charge in [0.25, 0.3) is 0 Å². The van der Waals surface area contributed by atoms with Crippen LogP contribution in [-0.4, -0.2) is 12.6 Å². The minimum absolute atomic E-state index is 0.581. The van der Waals surface area contributed by atoms with Crippen molar-refractivity contribution in [3.8, 4) is 0 Å². The molecule has 1 heteroatoms. The van der Waals surface area contributed by atoms with Gasteiger partial charge in [0, 0.05) is 6.04 Å². The molecule has 0 saturated carbocycles. The molecule has 0 aromatic heterocycles. The van der Waals surface area contributed by atoms with Gasteiger partial charge in [0.05, 0.1) is 0 Å². The molecule has 0 heterocycles. The van der Waals surface area contributed by atoms with Crippen LogP contribution in [-0.2, 0) is 0 Å². The molecule has 0 aliphatic carbocycles. The van der Waals surface area contributed by atoms with Gasteiger partial charge in [-0.25, -0.2) is 0 Å². The van der Waals surface area contributed by atoms with E-state index in [-0.39, 0.29) is 0 Å². The average molecular weight is 183 g/mol. The normalized spacial score (nSPS) is 13.1. The Labute approximate surface area is 83.6 Å². The second-order valence-corrected chi connectivity index (χ2v) is 4.38. The first-order chi connectivity index (χ1) is 6.06. The largest absolute Gasteiger partial charge is 0.311 e. The summed E-state index contributed by atoms with van der Waals surface area (Å²) in [6.07, 6.45) is 4.91. The first kappa shape index (κ1) is 12.7. The second-order valence-electron chi connectivity index (χ2n) is 4.38. The van der Waals surface area contributed by atoms with Crippen LogP contribution >= 0.6 is 0 Å². The van der Waals surface area contributed by atoms with Gasteiger partial charge in [0.1, 0.15) is 0 Å². The van der Waals surface area contributed by atoms with Crippen molar-refractivity contribution in [3.05, 3.63) is 11.6 Å². The van der Waals surface area contributed by atoms with Crippen LogP contribution in [0, 0.1) is 5.92 Å². The van der Waals surface area contributed by atoms with Crippen molar-refractivity contribution in [1.82, 2.24) is 5.32 Å². The zero-order valence-corrected chi connectivity index (χ0v) is 9.85. The molecular weight excluding hydrogens is 158 g/mol. The van der Waals surface area contributed by atoms with E-state index in [2.05, 4.69) is 46.0 Å². The third-order valence-corrected chi connectivity index (χ3v) is 2.06. The molecule has 0 aromatic carbocycles. The molecule has 0 radical (unpaired) electrons. The van der Waals surface area contributed by atoms with E-state index in [1.165, 1.54) is 18.4 Å². The standard InChI is InChI=1S/C12H25N/c1-6-13-12(9-11(4)5)8-7-10(2)3/h9-10,12-13H,6-8H2,1-5H3. The third-order valence-electron chi connectivity index (χ3n) is 2.06. The van der Waals surface area contributed by atoms with Gasteiger partial charge < -0.3 is 5.32 Å². The van der Waals surface area contributed by atoms with Crippen LogP contribution in [0.3, 0.4) is 0 Å². The Bertz CT molecular complexity index is 143. The molecule has 1 nitrogen and oxygen atoms in total. The molecule has 0 saturated heterocycles. The lowest BCUT2D eigenvalue weighted by Crippen LogP contribution is -2.27. The summed E-state index contributed by atoms with van der Waals surface area (Å²) < 4.78 is 0. The van der Waals surface area contributed by atoms with Crippen molar-refractivity contribution < 1.29 is 0 Å². The van der Waals surface area contributed by atoms with E-state index >= 15 is 0 Å². The number of hydrogen-bond donors (Lipinski definition) is 1. The van der Waals surface area contributed by atoms with Crippen LogP contribution in [0.25, 0.3) is 0 Å². The summed E-state index contributed by atoms with van der Waals surface area (Å²) in [4.78, 5) is 0. The summed E-state index contributed by atoms with van der Waals surface area (Å²) in [6, 6.07) is 0.581. The van der Waals surface area contributed by atoms with Crippen LogP contribution in [0.15, 0.2) is 11.6 Å².